The smallest absolute Gasteiger partial charge is 0.263 e. The molecule has 0 unspecified atom stereocenters. The summed E-state index contributed by atoms with van der Waals surface area (Å²) < 4.78 is 12.7. The Morgan fingerprint density at radius 1 is 1.04 bits per heavy atom. The first-order valence-corrected chi connectivity index (χ1v) is 7.91. The number of aldehydes is 1. The van der Waals surface area contributed by atoms with Crippen LogP contribution < -0.4 is 15.0 Å². The van der Waals surface area contributed by atoms with Crippen LogP contribution in [0.15, 0.2) is 51.9 Å². The molecule has 3 aromatic rings. The van der Waals surface area contributed by atoms with Crippen LogP contribution in [0.5, 0.6) is 11.5 Å². The minimum absolute atomic E-state index is 0.170. The molecule has 0 saturated heterocycles. The van der Waals surface area contributed by atoms with Gasteiger partial charge in [0.2, 0.25) is 0 Å². The van der Waals surface area contributed by atoms with Crippen molar-refractivity contribution >= 4 is 33.0 Å². The summed E-state index contributed by atoms with van der Waals surface area (Å²) in [5.41, 5.74) is 0.872. The van der Waals surface area contributed by atoms with E-state index in [0.29, 0.717) is 34.4 Å². The molecule has 3 rings (SSSR count). The Balaban J connectivity index is 2.26. The zero-order valence-corrected chi connectivity index (χ0v) is 14.7. The molecule has 122 valence electrons. The number of ether oxygens (including phenoxy) is 2. The average Bonchev–Trinajstić information content (AvgIpc) is 2.63. The number of hydrogen-bond donors (Lipinski definition) is 0. The molecule has 0 aliphatic heterocycles. The number of methoxy groups -OCH3 is 2. The molecule has 0 atom stereocenters. The van der Waals surface area contributed by atoms with Gasteiger partial charge in [0, 0.05) is 27.5 Å². The Bertz CT molecular complexity index is 994. The second-order valence-corrected chi connectivity index (χ2v) is 5.96. The first-order valence-electron chi connectivity index (χ1n) is 7.11. The summed E-state index contributed by atoms with van der Waals surface area (Å²) in [5, 5.41) is 1.33. The van der Waals surface area contributed by atoms with E-state index in [2.05, 4.69) is 15.9 Å². The largest absolute Gasteiger partial charge is 0.497 e. The molecular weight excluding hydrogens is 374 g/mol. The minimum atomic E-state index is -0.170. The molecule has 0 saturated carbocycles. The van der Waals surface area contributed by atoms with Gasteiger partial charge in [-0.3, -0.25) is 14.2 Å². The molecule has 0 aliphatic rings. The number of benzene rings is 2. The molecule has 0 N–H and O–H groups in total. The summed E-state index contributed by atoms with van der Waals surface area (Å²) in [4.78, 5) is 23.8. The van der Waals surface area contributed by atoms with Crippen molar-refractivity contribution in [2.45, 2.75) is 0 Å². The highest BCUT2D eigenvalue weighted by Crippen LogP contribution is 2.27. The van der Waals surface area contributed by atoms with Gasteiger partial charge in [-0.15, -0.1) is 0 Å². The Kier molecular flexibility index (Phi) is 4.40. The Morgan fingerprint density at radius 3 is 2.50 bits per heavy atom. The van der Waals surface area contributed by atoms with Crippen molar-refractivity contribution in [3.05, 3.63) is 63.0 Å². The predicted octanol–water partition coefficient (Wildman–Crippen LogP) is 3.58. The van der Waals surface area contributed by atoms with Crippen molar-refractivity contribution < 1.29 is 14.3 Å². The first kappa shape index (κ1) is 16.3. The van der Waals surface area contributed by atoms with E-state index in [-0.39, 0.29) is 5.56 Å². The quantitative estimate of drug-likeness (QED) is 0.642. The van der Waals surface area contributed by atoms with E-state index in [0.717, 1.165) is 9.86 Å². The molecule has 0 bridgehead atoms. The van der Waals surface area contributed by atoms with Crippen molar-refractivity contribution in [2.75, 3.05) is 14.2 Å². The fourth-order valence-corrected chi connectivity index (χ4v) is 3.08. The third kappa shape index (κ3) is 2.69. The highest BCUT2D eigenvalue weighted by atomic mass is 79.9. The van der Waals surface area contributed by atoms with Gasteiger partial charge in [-0.2, -0.15) is 0 Å². The number of aromatic nitrogens is 1. The van der Waals surface area contributed by atoms with Crippen LogP contribution in [-0.4, -0.2) is 25.1 Å². The zero-order valence-electron chi connectivity index (χ0n) is 13.1. The maximum atomic E-state index is 12.8. The lowest BCUT2D eigenvalue weighted by Gasteiger charge is -2.12. The summed E-state index contributed by atoms with van der Waals surface area (Å²) in [6.07, 6.45) is 2.41. The van der Waals surface area contributed by atoms with Gasteiger partial charge in [-0.1, -0.05) is 0 Å². The minimum Gasteiger partial charge on any atom is -0.497 e. The summed E-state index contributed by atoms with van der Waals surface area (Å²) in [5.74, 6) is 1.10. The molecule has 0 fully saturated rings. The molecule has 6 heteroatoms. The number of rotatable bonds is 4. The van der Waals surface area contributed by atoms with Gasteiger partial charge in [-0.25, -0.2) is 0 Å². The molecule has 5 nitrogen and oxygen atoms in total. The third-order valence-electron chi connectivity index (χ3n) is 3.80. The third-order valence-corrected chi connectivity index (χ3v) is 4.43. The number of carbonyl (C=O) groups excluding carboxylic acids is 1. The van der Waals surface area contributed by atoms with Gasteiger partial charge >= 0.3 is 0 Å². The van der Waals surface area contributed by atoms with E-state index >= 15 is 0 Å². The molecular formula is C18H14BrNO4. The number of pyridine rings is 1. The van der Waals surface area contributed by atoms with E-state index < -0.39 is 0 Å². The van der Waals surface area contributed by atoms with Crippen LogP contribution >= 0.6 is 15.9 Å². The van der Waals surface area contributed by atoms with Crippen LogP contribution in [0.25, 0.3) is 16.5 Å². The highest BCUT2D eigenvalue weighted by Gasteiger charge is 2.11. The molecule has 2 aromatic carbocycles. The van der Waals surface area contributed by atoms with Gasteiger partial charge in [0.05, 0.1) is 25.5 Å². The molecule has 0 aliphatic carbocycles. The number of fused-ring (bicyclic) bond motifs is 1. The molecule has 0 radical (unpaired) electrons. The second kappa shape index (κ2) is 6.49. The van der Waals surface area contributed by atoms with Crippen molar-refractivity contribution in [2.24, 2.45) is 0 Å². The molecule has 1 aromatic heterocycles. The van der Waals surface area contributed by atoms with Crippen molar-refractivity contribution in [3.63, 3.8) is 0 Å². The number of nitrogens with zero attached hydrogens (tertiary/aromatic N) is 1. The summed E-state index contributed by atoms with van der Waals surface area (Å²) in [6, 6.07) is 10.3. The second-order valence-electron chi connectivity index (χ2n) is 5.11. The Labute approximate surface area is 146 Å². The highest BCUT2D eigenvalue weighted by molar-refractivity contribution is 9.10. The lowest BCUT2D eigenvalue weighted by atomic mass is 10.1. The van der Waals surface area contributed by atoms with E-state index in [1.54, 1.807) is 49.7 Å². The van der Waals surface area contributed by atoms with Gasteiger partial charge in [0.1, 0.15) is 11.5 Å². The van der Waals surface area contributed by atoms with Crippen LogP contribution in [0.3, 0.4) is 0 Å². The van der Waals surface area contributed by atoms with Crippen molar-refractivity contribution in [3.8, 4) is 17.2 Å². The fourth-order valence-electron chi connectivity index (χ4n) is 2.54. The monoisotopic (exact) mass is 387 g/mol. The predicted molar refractivity (Wildman–Crippen MR) is 95.7 cm³/mol. The number of halogens is 1. The average molecular weight is 388 g/mol. The van der Waals surface area contributed by atoms with Crippen molar-refractivity contribution in [1.29, 1.82) is 0 Å². The van der Waals surface area contributed by atoms with E-state index in [9.17, 15) is 9.59 Å². The van der Waals surface area contributed by atoms with E-state index in [4.69, 9.17) is 9.47 Å². The van der Waals surface area contributed by atoms with Gasteiger partial charge in [0.15, 0.2) is 6.29 Å². The van der Waals surface area contributed by atoms with Crippen molar-refractivity contribution in [1.82, 2.24) is 4.57 Å². The number of carbonyl (C=O) groups is 1. The van der Waals surface area contributed by atoms with Crippen LogP contribution in [-0.2, 0) is 0 Å². The maximum Gasteiger partial charge on any atom is 0.263 e. The molecule has 0 spiro atoms. The fraction of sp³-hybridized carbons (Fsp3) is 0.111. The SMILES string of the molecule is COc1ccc2c(=O)n(-c3ccc(C=O)c(OC)c3)cc(Br)c2c1. The summed E-state index contributed by atoms with van der Waals surface area (Å²) in [7, 11) is 3.06. The zero-order chi connectivity index (χ0) is 17.3. The van der Waals surface area contributed by atoms with Crippen LogP contribution in [0.4, 0.5) is 0 Å². The van der Waals surface area contributed by atoms with Gasteiger partial charge in [-0.05, 0) is 46.3 Å². The lowest BCUT2D eigenvalue weighted by Crippen LogP contribution is -2.18. The topological polar surface area (TPSA) is 57.5 Å². The molecule has 0 amide bonds. The Morgan fingerprint density at radius 2 is 1.83 bits per heavy atom. The summed E-state index contributed by atoms with van der Waals surface area (Å²) >= 11 is 3.50. The molecule has 1 heterocycles. The van der Waals surface area contributed by atoms with Crippen LogP contribution in [0.1, 0.15) is 10.4 Å². The number of hydrogen-bond acceptors (Lipinski definition) is 4. The van der Waals surface area contributed by atoms with Crippen LogP contribution in [0, 0.1) is 0 Å². The lowest BCUT2D eigenvalue weighted by molar-refractivity contribution is 0.112. The Hall–Kier alpha value is -2.60. The standard InChI is InChI=1S/C18H14BrNO4/c1-23-13-5-6-14-15(8-13)16(19)9-20(18(14)22)12-4-3-11(10-21)17(7-12)24-2/h3-10H,1-2H3. The molecule has 24 heavy (non-hydrogen) atoms. The first-order chi connectivity index (χ1) is 11.6. The van der Waals surface area contributed by atoms with Gasteiger partial charge in [0.25, 0.3) is 5.56 Å². The summed E-state index contributed by atoms with van der Waals surface area (Å²) in [6.45, 7) is 0. The maximum absolute atomic E-state index is 12.8. The normalized spacial score (nSPS) is 10.6. The van der Waals surface area contributed by atoms with E-state index in [1.807, 2.05) is 0 Å². The van der Waals surface area contributed by atoms with Gasteiger partial charge < -0.3 is 9.47 Å². The van der Waals surface area contributed by atoms with Crippen LogP contribution in [0.2, 0.25) is 0 Å². The van der Waals surface area contributed by atoms with E-state index in [1.165, 1.54) is 11.7 Å².